The molecule has 2 rings (SSSR count). The van der Waals surface area contributed by atoms with Gasteiger partial charge in [-0.25, -0.2) is 0 Å². The topological polar surface area (TPSA) is 57.5 Å². The van der Waals surface area contributed by atoms with E-state index in [-0.39, 0.29) is 5.41 Å². The SMILES string of the molecule is CCCC(C)(CO)CCCCC1CCCC(/C=C\C2CCCC(CCCCC(C)(C)C(=O)O)S2)S1. The zero-order valence-electron chi connectivity index (χ0n) is 23.1. The molecule has 35 heavy (non-hydrogen) atoms. The molecule has 0 aromatic carbocycles. The van der Waals surface area contributed by atoms with E-state index < -0.39 is 11.4 Å². The molecule has 0 aromatic heterocycles. The van der Waals surface area contributed by atoms with Crippen molar-refractivity contribution in [2.75, 3.05) is 6.61 Å². The molecule has 0 saturated carbocycles. The highest BCUT2D eigenvalue weighted by Gasteiger charge is 2.27. The Morgan fingerprint density at radius 2 is 1.34 bits per heavy atom. The number of hydrogen-bond donors (Lipinski definition) is 2. The van der Waals surface area contributed by atoms with Gasteiger partial charge in [0.25, 0.3) is 0 Å². The summed E-state index contributed by atoms with van der Waals surface area (Å²) in [6.45, 7) is 8.49. The summed E-state index contributed by atoms with van der Waals surface area (Å²) in [6, 6.07) is 0. The van der Waals surface area contributed by atoms with Crippen LogP contribution < -0.4 is 0 Å². The first-order valence-corrected chi connectivity index (χ1v) is 16.4. The summed E-state index contributed by atoms with van der Waals surface area (Å²) in [6.07, 6.45) is 24.6. The van der Waals surface area contributed by atoms with Crippen LogP contribution in [0.5, 0.6) is 0 Å². The van der Waals surface area contributed by atoms with Crippen LogP contribution in [0.2, 0.25) is 0 Å². The van der Waals surface area contributed by atoms with Gasteiger partial charge in [0.15, 0.2) is 0 Å². The molecule has 5 unspecified atom stereocenters. The lowest BCUT2D eigenvalue weighted by Gasteiger charge is -2.30. The first-order chi connectivity index (χ1) is 16.7. The van der Waals surface area contributed by atoms with E-state index in [1.807, 2.05) is 13.8 Å². The van der Waals surface area contributed by atoms with E-state index >= 15 is 0 Å². The second kappa shape index (κ2) is 16.0. The van der Waals surface area contributed by atoms with E-state index in [2.05, 4.69) is 49.5 Å². The number of hydrogen-bond acceptors (Lipinski definition) is 4. The van der Waals surface area contributed by atoms with Crippen LogP contribution in [-0.2, 0) is 4.79 Å². The quantitative estimate of drug-likeness (QED) is 0.155. The molecular formula is C30H54O3S2. The Balaban J connectivity index is 1.66. The number of carboxylic acid groups (broad SMARTS) is 1. The van der Waals surface area contributed by atoms with Crippen LogP contribution in [-0.4, -0.2) is 43.8 Å². The van der Waals surface area contributed by atoms with Gasteiger partial charge in [-0.15, -0.1) is 0 Å². The minimum absolute atomic E-state index is 0.129. The van der Waals surface area contributed by atoms with E-state index in [0.717, 1.165) is 49.0 Å². The van der Waals surface area contributed by atoms with Crippen LogP contribution >= 0.6 is 23.5 Å². The molecule has 0 aliphatic carbocycles. The van der Waals surface area contributed by atoms with Crippen molar-refractivity contribution >= 4 is 29.5 Å². The standard InChI is InChI=1S/C30H54O3S2/c1-5-20-30(4,23-31)22-9-7-13-25-15-11-17-27(35-25)19-18-26-16-10-14-24(34-26)12-6-8-21-29(2,3)28(32)33/h18-19,24-27,31H,5-17,20-23H2,1-4H3,(H,32,33)/b19-18-. The van der Waals surface area contributed by atoms with Crippen LogP contribution in [0.1, 0.15) is 130 Å². The van der Waals surface area contributed by atoms with Crippen molar-refractivity contribution in [1.82, 2.24) is 0 Å². The minimum atomic E-state index is -0.672. The zero-order chi connectivity index (χ0) is 25.7. The maximum Gasteiger partial charge on any atom is 0.309 e. The molecule has 2 aliphatic heterocycles. The molecule has 5 heteroatoms. The molecule has 0 spiro atoms. The molecular weight excluding hydrogens is 472 g/mol. The molecule has 2 fully saturated rings. The molecule has 2 saturated heterocycles. The molecule has 204 valence electrons. The molecule has 0 aromatic rings. The Hall–Kier alpha value is -0.130. The number of carbonyl (C=O) groups is 1. The number of aliphatic hydroxyl groups is 1. The van der Waals surface area contributed by atoms with Crippen molar-refractivity contribution in [2.45, 2.75) is 151 Å². The first kappa shape index (κ1) is 31.1. The van der Waals surface area contributed by atoms with Gasteiger partial charge in [0, 0.05) is 27.6 Å². The predicted molar refractivity (Wildman–Crippen MR) is 156 cm³/mol. The monoisotopic (exact) mass is 526 g/mol. The Morgan fingerprint density at radius 3 is 1.80 bits per heavy atom. The average molecular weight is 527 g/mol. The Kier molecular flexibility index (Phi) is 14.2. The predicted octanol–water partition coefficient (Wildman–Crippen LogP) is 8.88. The summed E-state index contributed by atoms with van der Waals surface area (Å²) < 4.78 is 0. The lowest BCUT2D eigenvalue weighted by molar-refractivity contribution is -0.147. The molecule has 2 heterocycles. The van der Waals surface area contributed by atoms with Crippen LogP contribution in [0.15, 0.2) is 12.2 Å². The van der Waals surface area contributed by atoms with E-state index in [1.165, 1.54) is 64.2 Å². The molecule has 5 atom stereocenters. The summed E-state index contributed by atoms with van der Waals surface area (Å²) in [5.41, 5.74) is -0.458. The van der Waals surface area contributed by atoms with Crippen molar-refractivity contribution < 1.29 is 15.0 Å². The van der Waals surface area contributed by atoms with Gasteiger partial charge in [-0.1, -0.05) is 70.9 Å². The highest BCUT2D eigenvalue weighted by Crippen LogP contribution is 2.39. The molecule has 3 nitrogen and oxygen atoms in total. The van der Waals surface area contributed by atoms with Gasteiger partial charge in [0.05, 0.1) is 5.41 Å². The lowest BCUT2D eigenvalue weighted by atomic mass is 9.81. The largest absolute Gasteiger partial charge is 0.481 e. The Morgan fingerprint density at radius 1 is 0.829 bits per heavy atom. The number of thioether (sulfide) groups is 2. The molecule has 2 aliphatic rings. The van der Waals surface area contributed by atoms with Crippen LogP contribution in [0, 0.1) is 10.8 Å². The number of unbranched alkanes of at least 4 members (excludes halogenated alkanes) is 2. The van der Waals surface area contributed by atoms with Gasteiger partial charge in [-0.2, -0.15) is 23.5 Å². The number of rotatable bonds is 16. The average Bonchev–Trinajstić information content (AvgIpc) is 2.84. The third kappa shape index (κ3) is 11.9. The first-order valence-electron chi connectivity index (χ1n) is 14.5. The fraction of sp³-hybridized carbons (Fsp3) is 0.900. The van der Waals surface area contributed by atoms with Crippen LogP contribution in [0.25, 0.3) is 0 Å². The fourth-order valence-corrected chi connectivity index (χ4v) is 8.84. The smallest absolute Gasteiger partial charge is 0.309 e. The number of carboxylic acids is 1. The zero-order valence-corrected chi connectivity index (χ0v) is 24.7. The Bertz CT molecular complexity index is 635. The third-order valence-corrected chi connectivity index (χ3v) is 11.5. The maximum absolute atomic E-state index is 11.3. The van der Waals surface area contributed by atoms with Gasteiger partial charge >= 0.3 is 5.97 Å². The fourth-order valence-electron chi connectivity index (χ4n) is 5.67. The van der Waals surface area contributed by atoms with Crippen molar-refractivity contribution in [2.24, 2.45) is 10.8 Å². The van der Waals surface area contributed by atoms with Crippen molar-refractivity contribution in [3.8, 4) is 0 Å². The van der Waals surface area contributed by atoms with Crippen molar-refractivity contribution in [3.05, 3.63) is 12.2 Å². The van der Waals surface area contributed by atoms with E-state index in [0.29, 0.717) is 17.1 Å². The van der Waals surface area contributed by atoms with Crippen LogP contribution in [0.3, 0.4) is 0 Å². The van der Waals surface area contributed by atoms with Gasteiger partial charge in [-0.05, 0) is 77.0 Å². The van der Waals surface area contributed by atoms with E-state index in [1.54, 1.807) is 0 Å². The second-order valence-corrected chi connectivity index (χ2v) is 15.3. The summed E-state index contributed by atoms with van der Waals surface area (Å²) in [5, 5.41) is 22.0. The normalized spacial score (nSPS) is 27.7. The molecule has 2 N–H and O–H groups in total. The van der Waals surface area contributed by atoms with Gasteiger partial charge in [-0.3, -0.25) is 4.79 Å². The summed E-state index contributed by atoms with van der Waals surface area (Å²) in [7, 11) is 0. The third-order valence-electron chi connectivity index (χ3n) is 8.25. The highest BCUT2D eigenvalue weighted by atomic mass is 32.2. The van der Waals surface area contributed by atoms with Crippen molar-refractivity contribution in [1.29, 1.82) is 0 Å². The number of aliphatic hydroxyl groups excluding tert-OH is 1. The van der Waals surface area contributed by atoms with Gasteiger partial charge in [0.1, 0.15) is 0 Å². The van der Waals surface area contributed by atoms with Gasteiger partial charge in [0.2, 0.25) is 0 Å². The highest BCUT2D eigenvalue weighted by molar-refractivity contribution is 8.01. The summed E-state index contributed by atoms with van der Waals surface area (Å²) >= 11 is 4.40. The summed E-state index contributed by atoms with van der Waals surface area (Å²) in [5.74, 6) is -0.672. The van der Waals surface area contributed by atoms with E-state index in [9.17, 15) is 15.0 Å². The lowest BCUT2D eigenvalue weighted by Crippen LogP contribution is -2.23. The Labute approximate surface area is 225 Å². The van der Waals surface area contributed by atoms with E-state index in [4.69, 9.17) is 0 Å². The minimum Gasteiger partial charge on any atom is -0.481 e. The van der Waals surface area contributed by atoms with Crippen molar-refractivity contribution in [3.63, 3.8) is 0 Å². The number of aliphatic carboxylic acids is 1. The van der Waals surface area contributed by atoms with Gasteiger partial charge < -0.3 is 10.2 Å². The van der Waals surface area contributed by atoms with Crippen LogP contribution in [0.4, 0.5) is 0 Å². The maximum atomic E-state index is 11.3. The molecule has 0 amide bonds. The molecule has 0 radical (unpaired) electrons. The summed E-state index contributed by atoms with van der Waals surface area (Å²) in [4.78, 5) is 11.3. The molecule has 0 bridgehead atoms. The second-order valence-electron chi connectivity index (χ2n) is 12.2.